The molecule has 0 aliphatic heterocycles. The molecule has 0 aromatic heterocycles. The Morgan fingerprint density at radius 2 is 1.23 bits per heavy atom. The lowest BCUT2D eigenvalue weighted by molar-refractivity contribution is -0.145. The van der Waals surface area contributed by atoms with Crippen molar-refractivity contribution >= 4 is 23.5 Å². The van der Waals surface area contributed by atoms with Gasteiger partial charge in [0.1, 0.15) is 0 Å². The number of halogens is 1. The minimum absolute atomic E-state index is 0.219. The largest absolute Gasteiger partial charge is 0.466 e. The van der Waals surface area contributed by atoms with E-state index in [1.807, 2.05) is 6.92 Å². The fraction of sp³-hybridized carbons (Fsp3) is 0.882. The number of hydrogen-bond donors (Lipinski definition) is 0. The molecule has 0 aliphatic rings. The van der Waals surface area contributed by atoms with Crippen LogP contribution >= 0.6 is 11.6 Å². The van der Waals surface area contributed by atoms with Crippen LogP contribution in [0, 0.1) is 0 Å². The molecule has 0 radical (unpaired) electrons. The Morgan fingerprint density at radius 3 is 1.77 bits per heavy atom. The van der Waals surface area contributed by atoms with Crippen LogP contribution in [0.25, 0.3) is 0 Å². The average Bonchev–Trinajstić information content (AvgIpc) is 2.50. The molecule has 0 heterocycles. The Hall–Kier alpha value is -0.770. The summed E-state index contributed by atoms with van der Waals surface area (Å²) in [6.45, 7) is 3.00. The Morgan fingerprint density at radius 1 is 0.727 bits per heavy atom. The maximum Gasteiger partial charge on any atom is 0.305 e. The lowest BCUT2D eigenvalue weighted by atomic mass is 10.1. The second-order valence-electron chi connectivity index (χ2n) is 5.46. The van der Waals surface area contributed by atoms with Crippen LogP contribution < -0.4 is 0 Å². The number of alkyl halides is 1. The van der Waals surface area contributed by atoms with E-state index >= 15 is 0 Å². The molecule has 130 valence electrons. The number of hydrogen-bond acceptors (Lipinski definition) is 4. The van der Waals surface area contributed by atoms with Gasteiger partial charge in [0.05, 0.1) is 13.2 Å². The van der Waals surface area contributed by atoms with E-state index in [0.717, 1.165) is 44.4 Å². The lowest BCUT2D eigenvalue weighted by Gasteiger charge is -2.05. The van der Waals surface area contributed by atoms with Gasteiger partial charge in [-0.25, -0.2) is 0 Å². The van der Waals surface area contributed by atoms with Crippen LogP contribution in [0.4, 0.5) is 0 Å². The number of carbonyl (C=O) groups excluding carboxylic acids is 2. The molecule has 5 heteroatoms. The van der Waals surface area contributed by atoms with Gasteiger partial charge >= 0.3 is 11.9 Å². The fourth-order valence-electron chi connectivity index (χ4n) is 1.94. The number of unbranched alkanes of at least 4 members (excludes halogenated alkanes) is 6. The molecule has 0 atom stereocenters. The molecule has 0 amide bonds. The molecule has 0 aromatic rings. The van der Waals surface area contributed by atoms with E-state index in [2.05, 4.69) is 0 Å². The summed E-state index contributed by atoms with van der Waals surface area (Å²) in [5.74, 6) is 0.297. The van der Waals surface area contributed by atoms with Crippen LogP contribution in [0.5, 0.6) is 0 Å². The first kappa shape index (κ1) is 21.2. The molecule has 0 fully saturated rings. The van der Waals surface area contributed by atoms with Gasteiger partial charge in [0.2, 0.25) is 0 Å². The predicted octanol–water partition coefficient (Wildman–Crippen LogP) is 4.62. The Bertz CT molecular complexity index is 282. The molecule has 0 unspecified atom stereocenters. The van der Waals surface area contributed by atoms with E-state index in [1.54, 1.807) is 0 Å². The topological polar surface area (TPSA) is 52.6 Å². The minimum Gasteiger partial charge on any atom is -0.466 e. The Labute approximate surface area is 139 Å². The molecule has 0 aliphatic carbocycles. The van der Waals surface area contributed by atoms with Gasteiger partial charge in [0.15, 0.2) is 0 Å². The van der Waals surface area contributed by atoms with Gasteiger partial charge in [-0.15, -0.1) is 11.6 Å². The van der Waals surface area contributed by atoms with E-state index < -0.39 is 0 Å². The molecule has 22 heavy (non-hydrogen) atoms. The van der Waals surface area contributed by atoms with Gasteiger partial charge in [0, 0.05) is 18.7 Å². The third-order valence-electron chi connectivity index (χ3n) is 3.31. The molecule has 0 saturated carbocycles. The van der Waals surface area contributed by atoms with E-state index in [4.69, 9.17) is 21.1 Å². The first-order valence-electron chi connectivity index (χ1n) is 8.58. The minimum atomic E-state index is -0.224. The van der Waals surface area contributed by atoms with Crippen molar-refractivity contribution in [2.75, 3.05) is 19.1 Å². The quantitative estimate of drug-likeness (QED) is 0.249. The zero-order valence-electron chi connectivity index (χ0n) is 13.9. The van der Waals surface area contributed by atoms with Gasteiger partial charge in [-0.3, -0.25) is 9.59 Å². The highest BCUT2D eigenvalue weighted by Gasteiger charge is 2.07. The van der Waals surface area contributed by atoms with Crippen molar-refractivity contribution in [3.63, 3.8) is 0 Å². The standard InChI is InChI=1S/C17H31ClO4/c1-2-3-14-21-16(19)11-10-12-17(20)22-15-9-7-5-4-6-8-13-18/h2-15H2,1H3. The van der Waals surface area contributed by atoms with Crippen molar-refractivity contribution in [3.05, 3.63) is 0 Å². The summed E-state index contributed by atoms with van der Waals surface area (Å²) in [6.07, 6.45) is 9.59. The normalized spacial score (nSPS) is 10.5. The molecule has 0 spiro atoms. The highest BCUT2D eigenvalue weighted by atomic mass is 35.5. The first-order chi connectivity index (χ1) is 10.7. The van der Waals surface area contributed by atoms with E-state index in [-0.39, 0.29) is 11.9 Å². The van der Waals surface area contributed by atoms with Crippen LogP contribution in [0.1, 0.15) is 77.6 Å². The predicted molar refractivity (Wildman–Crippen MR) is 89.1 cm³/mol. The second-order valence-corrected chi connectivity index (χ2v) is 5.84. The smallest absolute Gasteiger partial charge is 0.305 e. The molecule has 0 N–H and O–H groups in total. The molecule has 0 saturated heterocycles. The maximum atomic E-state index is 11.5. The van der Waals surface area contributed by atoms with Crippen molar-refractivity contribution in [2.24, 2.45) is 0 Å². The Kier molecular flexibility index (Phi) is 16.0. The van der Waals surface area contributed by atoms with Gasteiger partial charge < -0.3 is 9.47 Å². The van der Waals surface area contributed by atoms with Crippen molar-refractivity contribution in [2.45, 2.75) is 77.6 Å². The molecular weight excluding hydrogens is 304 g/mol. The summed E-state index contributed by atoms with van der Waals surface area (Å²) < 4.78 is 10.2. The van der Waals surface area contributed by atoms with Crippen LogP contribution in [-0.4, -0.2) is 31.0 Å². The number of rotatable bonds is 15. The molecule has 4 nitrogen and oxygen atoms in total. The van der Waals surface area contributed by atoms with Gasteiger partial charge in [-0.2, -0.15) is 0 Å². The van der Waals surface area contributed by atoms with E-state index in [1.165, 1.54) is 12.8 Å². The fourth-order valence-corrected chi connectivity index (χ4v) is 2.13. The van der Waals surface area contributed by atoms with Gasteiger partial charge in [0.25, 0.3) is 0 Å². The lowest BCUT2D eigenvalue weighted by Crippen LogP contribution is -2.09. The van der Waals surface area contributed by atoms with Crippen LogP contribution in [-0.2, 0) is 19.1 Å². The summed E-state index contributed by atoms with van der Waals surface area (Å²) in [6, 6.07) is 0. The summed E-state index contributed by atoms with van der Waals surface area (Å²) >= 11 is 5.61. The maximum absolute atomic E-state index is 11.5. The van der Waals surface area contributed by atoms with Crippen LogP contribution in [0.15, 0.2) is 0 Å². The average molecular weight is 335 g/mol. The summed E-state index contributed by atoms with van der Waals surface area (Å²) in [5, 5.41) is 0. The third-order valence-corrected chi connectivity index (χ3v) is 3.58. The number of ether oxygens (including phenoxy) is 2. The zero-order valence-corrected chi connectivity index (χ0v) is 14.7. The van der Waals surface area contributed by atoms with Crippen molar-refractivity contribution in [1.29, 1.82) is 0 Å². The number of carbonyl (C=O) groups is 2. The summed E-state index contributed by atoms with van der Waals surface area (Å²) in [7, 11) is 0. The van der Waals surface area contributed by atoms with Crippen LogP contribution in [0.3, 0.4) is 0 Å². The van der Waals surface area contributed by atoms with Crippen LogP contribution in [0.2, 0.25) is 0 Å². The van der Waals surface area contributed by atoms with Crippen molar-refractivity contribution < 1.29 is 19.1 Å². The van der Waals surface area contributed by atoms with E-state index in [0.29, 0.717) is 32.5 Å². The molecule has 0 bridgehead atoms. The van der Waals surface area contributed by atoms with Crippen molar-refractivity contribution in [3.8, 4) is 0 Å². The van der Waals surface area contributed by atoms with Crippen molar-refractivity contribution in [1.82, 2.24) is 0 Å². The third kappa shape index (κ3) is 15.6. The van der Waals surface area contributed by atoms with E-state index in [9.17, 15) is 9.59 Å². The van der Waals surface area contributed by atoms with Gasteiger partial charge in [-0.05, 0) is 25.7 Å². The molecular formula is C17H31ClO4. The zero-order chi connectivity index (χ0) is 16.5. The first-order valence-corrected chi connectivity index (χ1v) is 9.11. The summed E-state index contributed by atoms with van der Waals surface area (Å²) in [5.41, 5.74) is 0. The Balaban J connectivity index is 3.30. The number of esters is 2. The molecule has 0 aromatic carbocycles. The highest BCUT2D eigenvalue weighted by Crippen LogP contribution is 2.07. The molecule has 0 rings (SSSR count). The summed E-state index contributed by atoms with van der Waals surface area (Å²) in [4.78, 5) is 22.8. The monoisotopic (exact) mass is 334 g/mol. The van der Waals surface area contributed by atoms with Gasteiger partial charge in [-0.1, -0.05) is 39.0 Å². The highest BCUT2D eigenvalue weighted by molar-refractivity contribution is 6.17. The second kappa shape index (κ2) is 16.6. The SMILES string of the molecule is CCCCOC(=O)CCCC(=O)OCCCCCCCCCl.